The summed E-state index contributed by atoms with van der Waals surface area (Å²) in [4.78, 5) is 24.7. The van der Waals surface area contributed by atoms with E-state index in [2.05, 4.69) is 30.7 Å². The van der Waals surface area contributed by atoms with Gasteiger partial charge in [0.25, 0.3) is 5.91 Å². The number of anilines is 3. The average Bonchev–Trinajstić information content (AvgIpc) is 3.59. The molecule has 1 aliphatic rings. The number of rotatable bonds is 8. The number of aromatic amines is 1. The Morgan fingerprint density at radius 2 is 1.90 bits per heavy atom. The van der Waals surface area contributed by atoms with Gasteiger partial charge in [-0.2, -0.15) is 5.10 Å². The second kappa shape index (κ2) is 9.94. The summed E-state index contributed by atoms with van der Waals surface area (Å²) in [6.07, 6.45) is 5.31. The molecule has 0 aliphatic heterocycles. The Balaban J connectivity index is 1.16. The van der Waals surface area contributed by atoms with Gasteiger partial charge in [0.15, 0.2) is 17.4 Å². The van der Waals surface area contributed by atoms with E-state index < -0.39 is 5.82 Å². The highest BCUT2D eigenvalue weighted by Crippen LogP contribution is 2.35. The molecule has 1 amide bonds. The molecule has 3 aromatic heterocycles. The van der Waals surface area contributed by atoms with Crippen LogP contribution in [0.5, 0.6) is 11.5 Å². The Bertz CT molecular complexity index is 1900. The largest absolute Gasteiger partial charge is 0.454 e. The van der Waals surface area contributed by atoms with Crippen LogP contribution in [0.15, 0.2) is 79.3 Å². The smallest absolute Gasteiger partial charge is 0.253 e. The van der Waals surface area contributed by atoms with E-state index in [1.807, 2.05) is 42.5 Å². The summed E-state index contributed by atoms with van der Waals surface area (Å²) in [5, 5.41) is 10.5. The van der Waals surface area contributed by atoms with Crippen LogP contribution in [0, 0.1) is 11.7 Å². The normalized spacial score (nSPS) is 13.0. The van der Waals surface area contributed by atoms with Crippen molar-refractivity contribution < 1.29 is 13.9 Å². The highest BCUT2D eigenvalue weighted by atomic mass is 19.1. The van der Waals surface area contributed by atoms with Crippen molar-refractivity contribution in [3.05, 3.63) is 90.6 Å². The topological polar surface area (TPSA) is 135 Å². The molecule has 6 aromatic rings. The number of halogens is 1. The number of imidazole rings is 1. The SMILES string of the molecule is Nc1ncnn2cc(C(=O)NCC3CC3)c(-c3ccc(Nc4nc5ccc(Oc6ccccc6)c(F)c5[nH]4)cc3)c12. The number of para-hydroxylation sites is 1. The lowest BCUT2D eigenvalue weighted by atomic mass is 10.0. The molecule has 0 saturated heterocycles. The summed E-state index contributed by atoms with van der Waals surface area (Å²) in [6, 6.07) is 19.7. The summed E-state index contributed by atoms with van der Waals surface area (Å²) in [5.41, 5.74) is 10.1. The molecule has 3 heterocycles. The third-order valence-electron chi connectivity index (χ3n) is 7.06. The van der Waals surface area contributed by atoms with Crippen LogP contribution in [-0.2, 0) is 0 Å². The molecule has 0 spiro atoms. The van der Waals surface area contributed by atoms with Gasteiger partial charge in [0.2, 0.25) is 5.95 Å². The van der Waals surface area contributed by atoms with E-state index in [4.69, 9.17) is 10.5 Å². The first-order valence-electron chi connectivity index (χ1n) is 13.2. The zero-order valence-corrected chi connectivity index (χ0v) is 21.8. The van der Waals surface area contributed by atoms with Gasteiger partial charge in [0.1, 0.15) is 23.1 Å². The number of fused-ring (bicyclic) bond motifs is 2. The molecule has 5 N–H and O–H groups in total. The Hall–Kier alpha value is -5.45. The molecule has 10 nitrogen and oxygen atoms in total. The number of aromatic nitrogens is 5. The maximum absolute atomic E-state index is 15.2. The van der Waals surface area contributed by atoms with Crippen LogP contribution in [-0.4, -0.2) is 37.0 Å². The first kappa shape index (κ1) is 24.6. The fourth-order valence-electron chi connectivity index (χ4n) is 4.79. The number of carbonyl (C=O) groups is 1. The monoisotopic (exact) mass is 548 g/mol. The van der Waals surface area contributed by atoms with Crippen LogP contribution in [0.2, 0.25) is 0 Å². The van der Waals surface area contributed by atoms with Crippen LogP contribution >= 0.6 is 0 Å². The zero-order chi connectivity index (χ0) is 27.9. The number of amides is 1. The molecule has 3 aromatic carbocycles. The van der Waals surface area contributed by atoms with Crippen molar-refractivity contribution in [2.75, 3.05) is 17.6 Å². The Labute approximate surface area is 233 Å². The molecule has 0 unspecified atom stereocenters. The van der Waals surface area contributed by atoms with Crippen molar-refractivity contribution in [2.24, 2.45) is 5.92 Å². The summed E-state index contributed by atoms with van der Waals surface area (Å²) < 4.78 is 22.5. The van der Waals surface area contributed by atoms with Gasteiger partial charge in [-0.05, 0) is 60.7 Å². The van der Waals surface area contributed by atoms with Gasteiger partial charge in [-0.1, -0.05) is 30.3 Å². The minimum Gasteiger partial charge on any atom is -0.454 e. The fourth-order valence-corrected chi connectivity index (χ4v) is 4.79. The number of nitrogen functional groups attached to an aromatic ring is 1. The lowest BCUT2D eigenvalue weighted by molar-refractivity contribution is 0.0952. The molecular weight excluding hydrogens is 523 g/mol. The Morgan fingerprint density at radius 3 is 2.68 bits per heavy atom. The number of carbonyl (C=O) groups excluding carboxylic acids is 1. The second-order valence-corrected chi connectivity index (χ2v) is 9.98. The highest BCUT2D eigenvalue weighted by Gasteiger charge is 2.25. The van der Waals surface area contributed by atoms with Crippen molar-refractivity contribution in [3.63, 3.8) is 0 Å². The van der Waals surface area contributed by atoms with E-state index in [9.17, 15) is 4.79 Å². The molecule has 1 saturated carbocycles. The number of nitrogens with two attached hydrogens (primary N) is 1. The third-order valence-corrected chi connectivity index (χ3v) is 7.06. The van der Waals surface area contributed by atoms with Gasteiger partial charge >= 0.3 is 0 Å². The van der Waals surface area contributed by atoms with Gasteiger partial charge in [0.05, 0.1) is 11.1 Å². The van der Waals surface area contributed by atoms with Crippen LogP contribution < -0.4 is 21.1 Å². The zero-order valence-electron chi connectivity index (χ0n) is 21.8. The summed E-state index contributed by atoms with van der Waals surface area (Å²) in [5.74, 6) is 1.12. The van der Waals surface area contributed by atoms with Gasteiger partial charge < -0.3 is 26.1 Å². The van der Waals surface area contributed by atoms with Crippen LogP contribution in [0.3, 0.4) is 0 Å². The Morgan fingerprint density at radius 1 is 1.10 bits per heavy atom. The number of benzene rings is 3. The number of nitrogens with one attached hydrogen (secondary N) is 3. The number of hydrogen-bond donors (Lipinski definition) is 4. The Kier molecular flexibility index (Phi) is 5.96. The molecule has 7 rings (SSSR count). The lowest BCUT2D eigenvalue weighted by Crippen LogP contribution is -2.25. The van der Waals surface area contributed by atoms with Crippen molar-refractivity contribution in [1.82, 2.24) is 29.9 Å². The average molecular weight is 549 g/mol. The van der Waals surface area contributed by atoms with E-state index in [1.165, 1.54) is 6.33 Å². The first-order valence-corrected chi connectivity index (χ1v) is 13.2. The number of H-pyrrole nitrogens is 1. The summed E-state index contributed by atoms with van der Waals surface area (Å²) in [7, 11) is 0. The second-order valence-electron chi connectivity index (χ2n) is 9.98. The molecule has 1 aliphatic carbocycles. The van der Waals surface area contributed by atoms with E-state index in [1.54, 1.807) is 35.0 Å². The van der Waals surface area contributed by atoms with Crippen molar-refractivity contribution in [1.29, 1.82) is 0 Å². The molecule has 0 atom stereocenters. The van der Waals surface area contributed by atoms with Crippen LogP contribution in [0.4, 0.5) is 21.8 Å². The minimum atomic E-state index is -0.532. The van der Waals surface area contributed by atoms with Gasteiger partial charge in [0, 0.05) is 24.0 Å². The quantitative estimate of drug-likeness (QED) is 0.192. The first-order chi connectivity index (χ1) is 20.0. The molecule has 11 heteroatoms. The molecule has 0 bridgehead atoms. The van der Waals surface area contributed by atoms with Gasteiger partial charge in [-0.15, -0.1) is 0 Å². The summed E-state index contributed by atoms with van der Waals surface area (Å²) >= 11 is 0. The predicted molar refractivity (Wildman–Crippen MR) is 154 cm³/mol. The number of ether oxygens (including phenoxy) is 1. The molecular formula is C30H25FN8O2. The lowest BCUT2D eigenvalue weighted by Gasteiger charge is -2.09. The summed E-state index contributed by atoms with van der Waals surface area (Å²) in [6.45, 7) is 0.645. The van der Waals surface area contributed by atoms with E-state index >= 15 is 4.39 Å². The maximum atomic E-state index is 15.2. The molecule has 204 valence electrons. The van der Waals surface area contributed by atoms with Gasteiger partial charge in [-0.25, -0.2) is 18.9 Å². The standard InChI is InChI=1S/C30H25FN8O2/c31-25-23(41-20-4-2-1-3-5-20)13-12-22-26(25)38-30(37-22)36-19-10-8-18(9-11-19)24-21(29(40)33-14-17-6-7-17)15-39-27(24)28(32)34-16-35-39/h1-5,8-13,15-17H,6-7,14H2,(H,33,40)(H2,32,34,35)(H2,36,37,38). The molecule has 0 radical (unpaired) electrons. The van der Waals surface area contributed by atoms with Gasteiger partial charge in [-0.3, -0.25) is 4.79 Å². The van der Waals surface area contributed by atoms with E-state index in [-0.39, 0.29) is 23.0 Å². The van der Waals surface area contributed by atoms with E-state index in [0.717, 1.165) is 18.4 Å². The van der Waals surface area contributed by atoms with Crippen molar-refractivity contribution >= 4 is 39.9 Å². The molecule has 41 heavy (non-hydrogen) atoms. The number of hydrogen-bond acceptors (Lipinski definition) is 7. The highest BCUT2D eigenvalue weighted by molar-refractivity contribution is 6.07. The maximum Gasteiger partial charge on any atom is 0.253 e. The van der Waals surface area contributed by atoms with E-state index in [0.29, 0.717) is 52.0 Å². The van der Waals surface area contributed by atoms with Crippen molar-refractivity contribution in [2.45, 2.75) is 12.8 Å². The van der Waals surface area contributed by atoms with Crippen LogP contribution in [0.1, 0.15) is 23.2 Å². The minimum absolute atomic E-state index is 0.100. The van der Waals surface area contributed by atoms with Crippen LogP contribution in [0.25, 0.3) is 27.7 Å². The fraction of sp³-hybridized carbons (Fsp3) is 0.133. The predicted octanol–water partition coefficient (Wildman–Crippen LogP) is 5.67. The van der Waals surface area contributed by atoms with Crippen molar-refractivity contribution in [3.8, 4) is 22.6 Å². The third kappa shape index (κ3) is 4.78. The number of nitrogens with zero attached hydrogens (tertiary/aromatic N) is 4. The molecule has 1 fully saturated rings.